The van der Waals surface area contributed by atoms with Gasteiger partial charge in [-0.1, -0.05) is 0 Å². The summed E-state index contributed by atoms with van der Waals surface area (Å²) < 4.78 is 5.54. The smallest absolute Gasteiger partial charge is 0.0622 e. The molecule has 0 spiro atoms. The Hall–Kier alpha value is -0.120. The number of hydrogen-bond donors (Lipinski definition) is 1. The molecule has 2 saturated heterocycles. The number of hydrogen-bond acceptors (Lipinski definition) is 3. The second-order valence-corrected chi connectivity index (χ2v) is 5.71. The fourth-order valence-corrected chi connectivity index (χ4v) is 3.01. The standard InChI is InChI=1S/C13H24N2O/c1-2-12(14-6-1)9-15(8-11-3-4-11)13-5-7-16-10-13/h11-14H,1-10H2. The molecule has 0 aromatic carbocycles. The van der Waals surface area contributed by atoms with Crippen LogP contribution in [0.5, 0.6) is 0 Å². The lowest BCUT2D eigenvalue weighted by atomic mass is 10.1. The summed E-state index contributed by atoms with van der Waals surface area (Å²) in [4.78, 5) is 2.72. The van der Waals surface area contributed by atoms with E-state index in [1.807, 2.05) is 0 Å². The minimum Gasteiger partial charge on any atom is -0.380 e. The van der Waals surface area contributed by atoms with E-state index in [1.165, 1.54) is 51.7 Å². The van der Waals surface area contributed by atoms with Gasteiger partial charge in [-0.2, -0.15) is 0 Å². The summed E-state index contributed by atoms with van der Waals surface area (Å²) in [7, 11) is 0. The number of nitrogens with one attached hydrogen (secondary N) is 1. The van der Waals surface area contributed by atoms with Crippen LogP contribution in [-0.2, 0) is 4.74 Å². The predicted molar refractivity (Wildman–Crippen MR) is 64.5 cm³/mol. The molecule has 3 rings (SSSR count). The van der Waals surface area contributed by atoms with Crippen molar-refractivity contribution in [2.45, 2.75) is 44.2 Å². The second-order valence-electron chi connectivity index (χ2n) is 5.71. The van der Waals surface area contributed by atoms with Crippen LogP contribution in [0.2, 0.25) is 0 Å². The molecule has 3 nitrogen and oxygen atoms in total. The Morgan fingerprint density at radius 2 is 2.06 bits per heavy atom. The van der Waals surface area contributed by atoms with Gasteiger partial charge in [-0.25, -0.2) is 0 Å². The monoisotopic (exact) mass is 224 g/mol. The minimum atomic E-state index is 0.711. The van der Waals surface area contributed by atoms with Gasteiger partial charge in [-0.15, -0.1) is 0 Å². The maximum Gasteiger partial charge on any atom is 0.0622 e. The molecule has 2 aliphatic heterocycles. The van der Waals surface area contributed by atoms with Gasteiger partial charge in [0, 0.05) is 31.8 Å². The lowest BCUT2D eigenvalue weighted by molar-refractivity contribution is 0.133. The first kappa shape index (κ1) is 11.0. The van der Waals surface area contributed by atoms with Gasteiger partial charge in [0.2, 0.25) is 0 Å². The first-order valence-corrected chi connectivity index (χ1v) is 6.97. The summed E-state index contributed by atoms with van der Waals surface area (Å²) in [6.45, 7) is 5.75. The molecule has 1 N–H and O–H groups in total. The molecule has 2 heterocycles. The molecule has 0 bridgehead atoms. The number of rotatable bonds is 5. The van der Waals surface area contributed by atoms with Crippen molar-refractivity contribution >= 4 is 0 Å². The van der Waals surface area contributed by atoms with Crippen LogP contribution in [0.4, 0.5) is 0 Å². The van der Waals surface area contributed by atoms with E-state index >= 15 is 0 Å². The van der Waals surface area contributed by atoms with E-state index in [1.54, 1.807) is 0 Å². The summed E-state index contributed by atoms with van der Waals surface area (Å²) in [6.07, 6.45) is 6.90. The highest BCUT2D eigenvalue weighted by molar-refractivity contribution is 4.87. The summed E-state index contributed by atoms with van der Waals surface area (Å²) >= 11 is 0. The lowest BCUT2D eigenvalue weighted by Gasteiger charge is -2.30. The van der Waals surface area contributed by atoms with Crippen LogP contribution in [-0.4, -0.2) is 49.8 Å². The number of ether oxygens (including phenoxy) is 1. The van der Waals surface area contributed by atoms with E-state index in [-0.39, 0.29) is 0 Å². The molecule has 16 heavy (non-hydrogen) atoms. The Kier molecular flexibility index (Phi) is 3.46. The predicted octanol–water partition coefficient (Wildman–Crippen LogP) is 1.24. The van der Waals surface area contributed by atoms with Crippen LogP contribution in [0, 0.1) is 5.92 Å². The highest BCUT2D eigenvalue weighted by atomic mass is 16.5. The first-order valence-electron chi connectivity index (χ1n) is 6.97. The van der Waals surface area contributed by atoms with Crippen LogP contribution < -0.4 is 5.32 Å². The first-order chi connectivity index (χ1) is 7.92. The Labute approximate surface area is 98.5 Å². The molecular formula is C13H24N2O. The van der Waals surface area contributed by atoms with Crippen molar-refractivity contribution < 1.29 is 4.74 Å². The van der Waals surface area contributed by atoms with E-state index < -0.39 is 0 Å². The maximum atomic E-state index is 5.54. The topological polar surface area (TPSA) is 24.5 Å². The van der Waals surface area contributed by atoms with Crippen molar-refractivity contribution in [2.24, 2.45) is 5.92 Å². The molecule has 3 heteroatoms. The molecule has 0 radical (unpaired) electrons. The van der Waals surface area contributed by atoms with Gasteiger partial charge < -0.3 is 10.1 Å². The number of nitrogens with zero attached hydrogens (tertiary/aromatic N) is 1. The largest absolute Gasteiger partial charge is 0.380 e. The normalized spacial score (nSPS) is 35.1. The molecule has 0 aromatic heterocycles. The third-order valence-corrected chi connectivity index (χ3v) is 4.23. The Bertz CT molecular complexity index is 218. The average molecular weight is 224 g/mol. The third kappa shape index (κ3) is 2.76. The van der Waals surface area contributed by atoms with Gasteiger partial charge in [0.05, 0.1) is 6.61 Å². The van der Waals surface area contributed by atoms with Gasteiger partial charge in [0.25, 0.3) is 0 Å². The third-order valence-electron chi connectivity index (χ3n) is 4.23. The minimum absolute atomic E-state index is 0.711. The summed E-state index contributed by atoms with van der Waals surface area (Å²) in [5, 5.41) is 3.62. The molecule has 0 amide bonds. The van der Waals surface area contributed by atoms with Crippen molar-refractivity contribution in [3.05, 3.63) is 0 Å². The Morgan fingerprint density at radius 1 is 1.12 bits per heavy atom. The molecule has 92 valence electrons. The molecule has 1 saturated carbocycles. The van der Waals surface area contributed by atoms with Crippen LogP contribution in [0.3, 0.4) is 0 Å². The highest BCUT2D eigenvalue weighted by Crippen LogP contribution is 2.31. The van der Waals surface area contributed by atoms with Gasteiger partial charge in [0.15, 0.2) is 0 Å². The fourth-order valence-electron chi connectivity index (χ4n) is 3.01. The molecular weight excluding hydrogens is 200 g/mol. The van der Waals surface area contributed by atoms with Crippen molar-refractivity contribution in [1.29, 1.82) is 0 Å². The van der Waals surface area contributed by atoms with Gasteiger partial charge in [0.1, 0.15) is 0 Å². The zero-order valence-electron chi connectivity index (χ0n) is 10.2. The van der Waals surface area contributed by atoms with E-state index in [4.69, 9.17) is 4.74 Å². The quantitative estimate of drug-likeness (QED) is 0.760. The molecule has 0 aromatic rings. The van der Waals surface area contributed by atoms with Crippen LogP contribution in [0.15, 0.2) is 0 Å². The second kappa shape index (κ2) is 5.03. The Balaban J connectivity index is 1.53. The molecule has 2 atom stereocenters. The summed E-state index contributed by atoms with van der Waals surface area (Å²) in [5.41, 5.74) is 0. The van der Waals surface area contributed by atoms with Crippen molar-refractivity contribution in [3.63, 3.8) is 0 Å². The van der Waals surface area contributed by atoms with Crippen molar-refractivity contribution in [3.8, 4) is 0 Å². The fraction of sp³-hybridized carbons (Fsp3) is 1.00. The van der Waals surface area contributed by atoms with Crippen LogP contribution in [0.1, 0.15) is 32.1 Å². The Morgan fingerprint density at radius 3 is 2.69 bits per heavy atom. The van der Waals surface area contributed by atoms with Crippen molar-refractivity contribution in [1.82, 2.24) is 10.2 Å². The maximum absolute atomic E-state index is 5.54. The van der Waals surface area contributed by atoms with Gasteiger partial charge in [-0.3, -0.25) is 4.90 Å². The van der Waals surface area contributed by atoms with Gasteiger partial charge >= 0.3 is 0 Å². The van der Waals surface area contributed by atoms with Crippen molar-refractivity contribution in [2.75, 3.05) is 32.8 Å². The van der Waals surface area contributed by atoms with E-state index in [0.717, 1.165) is 25.2 Å². The summed E-state index contributed by atoms with van der Waals surface area (Å²) in [5.74, 6) is 1.00. The zero-order chi connectivity index (χ0) is 10.8. The molecule has 2 unspecified atom stereocenters. The zero-order valence-corrected chi connectivity index (χ0v) is 10.2. The van der Waals surface area contributed by atoms with E-state index in [2.05, 4.69) is 10.2 Å². The lowest BCUT2D eigenvalue weighted by Crippen LogP contribution is -2.44. The van der Waals surface area contributed by atoms with E-state index in [9.17, 15) is 0 Å². The van der Waals surface area contributed by atoms with E-state index in [0.29, 0.717) is 6.04 Å². The SMILES string of the molecule is C1CNC(CN(CC2CC2)C2CCOC2)C1. The van der Waals surface area contributed by atoms with Gasteiger partial charge in [-0.05, 0) is 44.6 Å². The molecule has 1 aliphatic carbocycles. The highest BCUT2D eigenvalue weighted by Gasteiger charge is 2.31. The molecule has 3 fully saturated rings. The van der Waals surface area contributed by atoms with Crippen LogP contribution in [0.25, 0.3) is 0 Å². The van der Waals surface area contributed by atoms with Crippen LogP contribution >= 0.6 is 0 Å². The molecule has 3 aliphatic rings. The summed E-state index contributed by atoms with van der Waals surface area (Å²) in [6, 6.07) is 1.46. The average Bonchev–Trinajstić information content (AvgIpc) is 2.82.